The lowest BCUT2D eigenvalue weighted by Crippen LogP contribution is -2.44. The molecule has 1 fully saturated rings. The minimum Gasteiger partial charge on any atom is -0.466 e. The van der Waals surface area contributed by atoms with E-state index in [-0.39, 0.29) is 37.4 Å². The van der Waals surface area contributed by atoms with Gasteiger partial charge in [-0.3, -0.25) is 14.4 Å². The topological polar surface area (TPSA) is 78.9 Å². The first-order chi connectivity index (χ1) is 11.5. The van der Waals surface area contributed by atoms with E-state index in [1.54, 1.807) is 20.8 Å². The summed E-state index contributed by atoms with van der Waals surface area (Å²) in [6, 6.07) is 0. The maximum absolute atomic E-state index is 12.5. The van der Waals surface area contributed by atoms with E-state index in [4.69, 9.17) is 14.2 Å². The maximum Gasteiger partial charge on any atom is 0.323 e. The van der Waals surface area contributed by atoms with Gasteiger partial charge in [-0.25, -0.2) is 0 Å². The fourth-order valence-corrected chi connectivity index (χ4v) is 3.38. The summed E-state index contributed by atoms with van der Waals surface area (Å²) in [5.74, 6) is -1.35. The molecule has 0 N–H and O–H groups in total. The van der Waals surface area contributed by atoms with Crippen LogP contribution < -0.4 is 0 Å². The van der Waals surface area contributed by atoms with Crippen LogP contribution in [0.25, 0.3) is 0 Å². The molecule has 0 heterocycles. The second-order valence-electron chi connectivity index (χ2n) is 6.22. The molecule has 6 heteroatoms. The van der Waals surface area contributed by atoms with Gasteiger partial charge >= 0.3 is 17.9 Å². The van der Waals surface area contributed by atoms with Gasteiger partial charge in [0, 0.05) is 0 Å². The van der Waals surface area contributed by atoms with E-state index in [0.29, 0.717) is 25.9 Å². The summed E-state index contributed by atoms with van der Waals surface area (Å²) in [6.07, 6.45) is 4.00. The number of ether oxygens (including phenoxy) is 3. The Hall–Kier alpha value is -1.85. The Balaban J connectivity index is 2.15. The average molecular weight is 338 g/mol. The van der Waals surface area contributed by atoms with Crippen LogP contribution in [0.5, 0.6) is 0 Å². The predicted molar refractivity (Wildman–Crippen MR) is 85.9 cm³/mol. The van der Waals surface area contributed by atoms with Gasteiger partial charge in [-0.2, -0.15) is 0 Å². The molecule has 6 nitrogen and oxygen atoms in total. The van der Waals surface area contributed by atoms with Gasteiger partial charge < -0.3 is 14.2 Å². The molecule has 0 bridgehead atoms. The minimum absolute atomic E-state index is 0.0626. The van der Waals surface area contributed by atoms with Gasteiger partial charge in [0.2, 0.25) is 0 Å². The Bertz CT molecular complexity index is 518. The Morgan fingerprint density at radius 3 is 2.17 bits per heavy atom. The third-order valence-corrected chi connectivity index (χ3v) is 4.67. The molecule has 2 rings (SSSR count). The zero-order chi connectivity index (χ0) is 17.7. The number of rotatable bonds is 7. The lowest BCUT2D eigenvalue weighted by atomic mass is 9.72. The van der Waals surface area contributed by atoms with Crippen molar-refractivity contribution in [2.24, 2.45) is 17.3 Å². The first-order valence-electron chi connectivity index (χ1n) is 8.70. The highest BCUT2D eigenvalue weighted by Gasteiger charge is 2.54. The van der Waals surface area contributed by atoms with Gasteiger partial charge in [0.15, 0.2) is 5.41 Å². The van der Waals surface area contributed by atoms with Gasteiger partial charge in [0.1, 0.15) is 0 Å². The molecule has 0 unspecified atom stereocenters. The molecule has 1 saturated carbocycles. The number of allylic oxidation sites excluding steroid dienone is 2. The predicted octanol–water partition coefficient (Wildman–Crippen LogP) is 2.41. The molecule has 2 aliphatic rings. The molecule has 0 radical (unpaired) electrons. The molecule has 24 heavy (non-hydrogen) atoms. The van der Waals surface area contributed by atoms with Gasteiger partial charge in [-0.1, -0.05) is 11.6 Å². The van der Waals surface area contributed by atoms with E-state index >= 15 is 0 Å². The summed E-state index contributed by atoms with van der Waals surface area (Å²) >= 11 is 0. The molecule has 0 aromatic heterocycles. The molecule has 2 aliphatic carbocycles. The van der Waals surface area contributed by atoms with Crippen LogP contribution in [0, 0.1) is 17.3 Å². The molecular formula is C18H26O6. The molecule has 0 amide bonds. The first-order valence-corrected chi connectivity index (χ1v) is 8.70. The number of esters is 3. The minimum atomic E-state index is -1.28. The highest BCUT2D eigenvalue weighted by molar-refractivity contribution is 6.00. The quantitative estimate of drug-likeness (QED) is 0.307. The van der Waals surface area contributed by atoms with Crippen LogP contribution in [-0.4, -0.2) is 37.7 Å². The third-order valence-electron chi connectivity index (χ3n) is 4.67. The normalized spacial score (nSPS) is 24.5. The second-order valence-corrected chi connectivity index (χ2v) is 6.22. The SMILES string of the molecule is CCOC(=O)[C@H]1C[C@@H]1C1=CCCC(C(=O)OCC)(C(=O)OCC)C1. The largest absolute Gasteiger partial charge is 0.466 e. The lowest BCUT2D eigenvalue weighted by Gasteiger charge is -2.32. The van der Waals surface area contributed by atoms with E-state index < -0.39 is 17.4 Å². The van der Waals surface area contributed by atoms with Crippen LogP contribution in [0.4, 0.5) is 0 Å². The van der Waals surface area contributed by atoms with Crippen molar-refractivity contribution in [3.63, 3.8) is 0 Å². The van der Waals surface area contributed by atoms with Crippen LogP contribution >= 0.6 is 0 Å². The molecule has 0 aromatic rings. The van der Waals surface area contributed by atoms with Crippen molar-refractivity contribution in [1.82, 2.24) is 0 Å². The van der Waals surface area contributed by atoms with Crippen molar-refractivity contribution in [3.8, 4) is 0 Å². The summed E-state index contributed by atoms with van der Waals surface area (Å²) < 4.78 is 15.4. The van der Waals surface area contributed by atoms with Gasteiger partial charge in [0.25, 0.3) is 0 Å². The molecule has 2 atom stereocenters. The Kier molecular flexibility index (Phi) is 6.02. The average Bonchev–Trinajstić information content (AvgIpc) is 3.36. The highest BCUT2D eigenvalue weighted by Crippen LogP contribution is 2.51. The summed E-state index contributed by atoms with van der Waals surface area (Å²) in [5, 5.41) is 0. The summed E-state index contributed by atoms with van der Waals surface area (Å²) in [4.78, 5) is 36.9. The third kappa shape index (κ3) is 3.62. The Morgan fingerprint density at radius 1 is 1.04 bits per heavy atom. The number of carbonyl (C=O) groups is 3. The van der Waals surface area contributed by atoms with Gasteiger partial charge in [0.05, 0.1) is 25.7 Å². The Morgan fingerprint density at radius 2 is 1.62 bits per heavy atom. The molecule has 0 aromatic carbocycles. The summed E-state index contributed by atoms with van der Waals surface area (Å²) in [5.41, 5.74) is -0.307. The summed E-state index contributed by atoms with van der Waals surface area (Å²) in [6.45, 7) is 6.00. The van der Waals surface area contributed by atoms with Crippen molar-refractivity contribution in [2.45, 2.75) is 46.5 Å². The summed E-state index contributed by atoms with van der Waals surface area (Å²) in [7, 11) is 0. The van der Waals surface area contributed by atoms with Crippen LogP contribution in [0.3, 0.4) is 0 Å². The van der Waals surface area contributed by atoms with E-state index in [1.807, 2.05) is 6.08 Å². The van der Waals surface area contributed by atoms with E-state index in [2.05, 4.69) is 0 Å². The molecule has 0 aliphatic heterocycles. The molecular weight excluding hydrogens is 312 g/mol. The van der Waals surface area contributed by atoms with E-state index in [0.717, 1.165) is 5.57 Å². The van der Waals surface area contributed by atoms with Crippen LogP contribution in [0.15, 0.2) is 11.6 Å². The van der Waals surface area contributed by atoms with Crippen molar-refractivity contribution in [1.29, 1.82) is 0 Å². The maximum atomic E-state index is 12.5. The van der Waals surface area contributed by atoms with Gasteiger partial charge in [-0.15, -0.1) is 0 Å². The Labute approximate surface area is 142 Å². The van der Waals surface area contributed by atoms with E-state index in [9.17, 15) is 14.4 Å². The number of hydrogen-bond donors (Lipinski definition) is 0. The second kappa shape index (κ2) is 7.81. The van der Waals surface area contributed by atoms with Crippen LogP contribution in [0.2, 0.25) is 0 Å². The lowest BCUT2D eigenvalue weighted by molar-refractivity contribution is -0.173. The zero-order valence-electron chi connectivity index (χ0n) is 14.6. The number of carbonyl (C=O) groups excluding carboxylic acids is 3. The van der Waals surface area contributed by atoms with Crippen molar-refractivity contribution < 1.29 is 28.6 Å². The first kappa shape index (κ1) is 18.5. The van der Waals surface area contributed by atoms with Gasteiger partial charge in [-0.05, 0) is 52.4 Å². The molecule has 0 saturated heterocycles. The fourth-order valence-electron chi connectivity index (χ4n) is 3.38. The van der Waals surface area contributed by atoms with Crippen molar-refractivity contribution >= 4 is 17.9 Å². The highest BCUT2D eigenvalue weighted by atomic mass is 16.6. The van der Waals surface area contributed by atoms with Crippen molar-refractivity contribution in [3.05, 3.63) is 11.6 Å². The monoisotopic (exact) mass is 338 g/mol. The van der Waals surface area contributed by atoms with Crippen LogP contribution in [-0.2, 0) is 28.6 Å². The standard InChI is InChI=1S/C18H26O6/c1-4-22-15(19)14-10-13(14)12-8-7-9-18(11-12,16(20)23-5-2)17(21)24-6-3/h8,13-14H,4-7,9-11H2,1-3H3/t13-,14+/m1/s1. The van der Waals surface area contributed by atoms with E-state index in [1.165, 1.54) is 0 Å². The number of hydrogen-bond acceptors (Lipinski definition) is 6. The fraction of sp³-hybridized carbons (Fsp3) is 0.722. The smallest absolute Gasteiger partial charge is 0.323 e. The van der Waals surface area contributed by atoms with Crippen molar-refractivity contribution in [2.75, 3.05) is 19.8 Å². The zero-order valence-corrected chi connectivity index (χ0v) is 14.6. The molecule has 134 valence electrons. The molecule has 0 spiro atoms. The van der Waals surface area contributed by atoms with Crippen LogP contribution in [0.1, 0.15) is 46.5 Å².